The van der Waals surface area contributed by atoms with Crippen LogP contribution in [-0.4, -0.2) is 30.9 Å². The van der Waals surface area contributed by atoms with Crippen LogP contribution in [0.1, 0.15) is 60.4 Å². The number of hydrogen-bond acceptors (Lipinski definition) is 5. The van der Waals surface area contributed by atoms with Crippen molar-refractivity contribution in [2.24, 2.45) is 0 Å². The molecule has 0 saturated carbocycles. The second kappa shape index (κ2) is 8.39. The van der Waals surface area contributed by atoms with E-state index in [2.05, 4.69) is 26.0 Å². The number of carbonyl (C=O) groups excluding carboxylic acids is 2. The molecule has 0 unspecified atom stereocenters. The van der Waals surface area contributed by atoms with Gasteiger partial charge in [-0.2, -0.15) is 0 Å². The number of carbonyl (C=O) groups is 2. The van der Waals surface area contributed by atoms with Crippen molar-refractivity contribution in [2.75, 3.05) is 19.0 Å². The lowest BCUT2D eigenvalue weighted by molar-refractivity contribution is 0.0527. The summed E-state index contributed by atoms with van der Waals surface area (Å²) < 4.78 is 10.5. The van der Waals surface area contributed by atoms with Crippen molar-refractivity contribution in [3.8, 4) is 11.1 Å². The number of esters is 2. The molecule has 0 fully saturated rings. The molecule has 1 aliphatic rings. The maximum absolute atomic E-state index is 12.6. The van der Waals surface area contributed by atoms with Crippen LogP contribution in [0.4, 0.5) is 0 Å². The van der Waals surface area contributed by atoms with Crippen LogP contribution in [0.3, 0.4) is 0 Å². The largest absolute Gasteiger partial charge is 0.462 e. The van der Waals surface area contributed by atoms with E-state index in [9.17, 15) is 9.59 Å². The predicted molar refractivity (Wildman–Crippen MR) is 112 cm³/mol. The van der Waals surface area contributed by atoms with E-state index in [0.717, 1.165) is 17.7 Å². The third-order valence-electron chi connectivity index (χ3n) is 5.04. The quantitative estimate of drug-likeness (QED) is 0.624. The molecule has 0 bridgehead atoms. The molecule has 0 atom stereocenters. The minimum atomic E-state index is -0.435. The van der Waals surface area contributed by atoms with Gasteiger partial charge >= 0.3 is 11.9 Å². The van der Waals surface area contributed by atoms with Crippen LogP contribution in [0.25, 0.3) is 11.1 Å². The molecular weight excluding hydrogens is 372 g/mol. The molecule has 2 aromatic carbocycles. The van der Waals surface area contributed by atoms with Crippen molar-refractivity contribution >= 4 is 23.7 Å². The SMILES string of the molecule is CCOC(=O)c1cccc(C(=O)OCC)c1-c1ccc2c(c1)C(C)(C)CCS2. The summed E-state index contributed by atoms with van der Waals surface area (Å²) in [7, 11) is 0. The summed E-state index contributed by atoms with van der Waals surface area (Å²) in [5.74, 6) is 0.220. The number of ether oxygens (including phenoxy) is 2. The van der Waals surface area contributed by atoms with Crippen molar-refractivity contribution in [2.45, 2.75) is 44.4 Å². The first-order chi connectivity index (χ1) is 13.4. The predicted octanol–water partition coefficient (Wildman–Crippen LogP) is 5.48. The molecule has 0 saturated heterocycles. The lowest BCUT2D eigenvalue weighted by Gasteiger charge is -2.32. The van der Waals surface area contributed by atoms with E-state index in [4.69, 9.17) is 9.47 Å². The molecule has 0 amide bonds. The number of benzene rings is 2. The molecule has 5 heteroatoms. The van der Waals surface area contributed by atoms with Crippen LogP contribution in [-0.2, 0) is 14.9 Å². The number of hydrogen-bond donors (Lipinski definition) is 0. The standard InChI is InChI=1S/C23H26O4S/c1-5-26-21(24)16-8-7-9-17(22(25)27-6-2)20(16)15-10-11-19-18(14-15)23(3,4)12-13-28-19/h7-11,14H,5-6,12-13H2,1-4H3. The van der Waals surface area contributed by atoms with Gasteiger partial charge in [0.15, 0.2) is 0 Å². The van der Waals surface area contributed by atoms with Crippen LogP contribution in [0, 0.1) is 0 Å². The van der Waals surface area contributed by atoms with E-state index in [1.54, 1.807) is 32.0 Å². The Morgan fingerprint density at radius 3 is 2.18 bits per heavy atom. The molecule has 4 nitrogen and oxygen atoms in total. The summed E-state index contributed by atoms with van der Waals surface area (Å²) in [6.45, 7) is 8.56. The minimum absolute atomic E-state index is 0.0412. The lowest BCUT2D eigenvalue weighted by atomic mass is 9.80. The molecule has 28 heavy (non-hydrogen) atoms. The van der Waals surface area contributed by atoms with Crippen LogP contribution in [0.5, 0.6) is 0 Å². The fourth-order valence-electron chi connectivity index (χ4n) is 3.51. The van der Waals surface area contributed by atoms with Gasteiger partial charge in [0.2, 0.25) is 0 Å². The summed E-state index contributed by atoms with van der Waals surface area (Å²) >= 11 is 1.85. The highest BCUT2D eigenvalue weighted by Crippen LogP contribution is 2.43. The zero-order valence-corrected chi connectivity index (χ0v) is 17.7. The fourth-order valence-corrected chi connectivity index (χ4v) is 5.00. The second-order valence-electron chi connectivity index (χ2n) is 7.36. The fraction of sp³-hybridized carbons (Fsp3) is 0.391. The first kappa shape index (κ1) is 20.5. The average molecular weight is 399 g/mol. The summed E-state index contributed by atoms with van der Waals surface area (Å²) in [4.78, 5) is 26.5. The Labute approximate surface area is 170 Å². The Hall–Kier alpha value is -2.27. The number of fused-ring (bicyclic) bond motifs is 1. The van der Waals surface area contributed by atoms with E-state index < -0.39 is 11.9 Å². The van der Waals surface area contributed by atoms with E-state index in [1.807, 2.05) is 17.8 Å². The zero-order valence-electron chi connectivity index (χ0n) is 16.8. The maximum atomic E-state index is 12.6. The molecule has 0 aromatic heterocycles. The van der Waals surface area contributed by atoms with Crippen LogP contribution in [0.15, 0.2) is 41.3 Å². The van der Waals surface area contributed by atoms with E-state index in [1.165, 1.54) is 10.5 Å². The van der Waals surface area contributed by atoms with Crippen LogP contribution >= 0.6 is 11.8 Å². The van der Waals surface area contributed by atoms with Gasteiger partial charge in [0, 0.05) is 10.5 Å². The Morgan fingerprint density at radius 1 is 1.00 bits per heavy atom. The van der Waals surface area contributed by atoms with Crippen LogP contribution in [0.2, 0.25) is 0 Å². The Kier molecular flexibility index (Phi) is 6.14. The third-order valence-corrected chi connectivity index (χ3v) is 6.11. The van der Waals surface area contributed by atoms with E-state index >= 15 is 0 Å². The molecule has 148 valence electrons. The van der Waals surface area contributed by atoms with Crippen molar-refractivity contribution < 1.29 is 19.1 Å². The second-order valence-corrected chi connectivity index (χ2v) is 8.50. The van der Waals surface area contributed by atoms with E-state index in [0.29, 0.717) is 16.7 Å². The van der Waals surface area contributed by atoms with E-state index in [-0.39, 0.29) is 18.6 Å². The van der Waals surface area contributed by atoms with Crippen molar-refractivity contribution in [1.29, 1.82) is 0 Å². The topological polar surface area (TPSA) is 52.6 Å². The summed E-state index contributed by atoms with van der Waals surface area (Å²) in [6, 6.07) is 11.3. The summed E-state index contributed by atoms with van der Waals surface area (Å²) in [5.41, 5.74) is 3.46. The average Bonchev–Trinajstić information content (AvgIpc) is 2.67. The molecule has 1 heterocycles. The highest BCUT2D eigenvalue weighted by Gasteiger charge is 2.29. The Balaban J connectivity index is 2.22. The molecule has 0 spiro atoms. The Bertz CT molecular complexity index is 865. The molecule has 1 aliphatic heterocycles. The van der Waals surface area contributed by atoms with Gasteiger partial charge in [-0.25, -0.2) is 9.59 Å². The van der Waals surface area contributed by atoms with Gasteiger partial charge in [-0.1, -0.05) is 26.0 Å². The first-order valence-corrected chi connectivity index (χ1v) is 10.6. The van der Waals surface area contributed by atoms with Crippen LogP contribution < -0.4 is 0 Å². The van der Waals surface area contributed by atoms with Gasteiger partial charge in [0.05, 0.1) is 24.3 Å². The molecule has 2 aromatic rings. The van der Waals surface area contributed by atoms with Gasteiger partial charge in [-0.3, -0.25) is 0 Å². The van der Waals surface area contributed by atoms with Gasteiger partial charge in [0.1, 0.15) is 0 Å². The normalized spacial score (nSPS) is 14.9. The molecular formula is C23H26O4S. The highest BCUT2D eigenvalue weighted by atomic mass is 32.2. The molecule has 0 N–H and O–H groups in total. The lowest BCUT2D eigenvalue weighted by Crippen LogP contribution is -2.22. The molecule has 0 aliphatic carbocycles. The Morgan fingerprint density at radius 2 is 1.61 bits per heavy atom. The van der Waals surface area contributed by atoms with Gasteiger partial charge in [-0.05, 0) is 66.8 Å². The van der Waals surface area contributed by atoms with Crippen molar-refractivity contribution in [3.63, 3.8) is 0 Å². The molecule has 3 rings (SSSR count). The summed E-state index contributed by atoms with van der Waals surface area (Å²) in [6.07, 6.45) is 1.08. The minimum Gasteiger partial charge on any atom is -0.462 e. The monoisotopic (exact) mass is 398 g/mol. The highest BCUT2D eigenvalue weighted by molar-refractivity contribution is 7.99. The summed E-state index contributed by atoms with van der Waals surface area (Å²) in [5, 5.41) is 0. The first-order valence-electron chi connectivity index (χ1n) is 9.64. The van der Waals surface area contributed by atoms with Gasteiger partial charge in [0.25, 0.3) is 0 Å². The van der Waals surface area contributed by atoms with Crippen molar-refractivity contribution in [3.05, 3.63) is 53.1 Å². The number of thioether (sulfide) groups is 1. The van der Waals surface area contributed by atoms with Gasteiger partial charge < -0.3 is 9.47 Å². The smallest absolute Gasteiger partial charge is 0.338 e. The van der Waals surface area contributed by atoms with Gasteiger partial charge in [-0.15, -0.1) is 11.8 Å². The number of rotatable bonds is 5. The maximum Gasteiger partial charge on any atom is 0.338 e. The third kappa shape index (κ3) is 3.95. The van der Waals surface area contributed by atoms with Crippen molar-refractivity contribution in [1.82, 2.24) is 0 Å². The molecule has 0 radical (unpaired) electrons. The zero-order chi connectivity index (χ0) is 20.3.